The molecule has 0 fully saturated rings. The van der Waals surface area contributed by atoms with Crippen LogP contribution < -0.4 is 0 Å². The van der Waals surface area contributed by atoms with Crippen LogP contribution >= 0.6 is 0 Å². The SMILES string of the molecule is COC(=O)c1ccc(-c2nn(-c3ccccc3)cc2C=O)cc1. The zero-order chi connectivity index (χ0) is 16.2. The summed E-state index contributed by atoms with van der Waals surface area (Å²) < 4.78 is 6.33. The van der Waals surface area contributed by atoms with Crippen LogP contribution in [0.1, 0.15) is 20.7 Å². The monoisotopic (exact) mass is 306 g/mol. The number of aldehydes is 1. The molecule has 0 spiro atoms. The fourth-order valence-electron chi connectivity index (χ4n) is 2.29. The van der Waals surface area contributed by atoms with Crippen LogP contribution in [-0.4, -0.2) is 29.1 Å². The van der Waals surface area contributed by atoms with Crippen molar-refractivity contribution in [1.29, 1.82) is 0 Å². The van der Waals surface area contributed by atoms with Gasteiger partial charge in [-0.1, -0.05) is 30.3 Å². The van der Waals surface area contributed by atoms with Gasteiger partial charge in [-0.3, -0.25) is 4.79 Å². The lowest BCUT2D eigenvalue weighted by molar-refractivity contribution is 0.0600. The summed E-state index contributed by atoms with van der Waals surface area (Å²) in [6, 6.07) is 16.3. The number of methoxy groups -OCH3 is 1. The average Bonchev–Trinajstić information content (AvgIpc) is 3.06. The van der Waals surface area contributed by atoms with Crippen LogP contribution in [0, 0.1) is 0 Å². The van der Waals surface area contributed by atoms with Crippen molar-refractivity contribution in [1.82, 2.24) is 9.78 Å². The molecule has 0 aliphatic carbocycles. The molecular formula is C18H14N2O3. The zero-order valence-corrected chi connectivity index (χ0v) is 12.5. The first-order chi connectivity index (χ1) is 11.2. The highest BCUT2D eigenvalue weighted by Crippen LogP contribution is 2.23. The Bertz CT molecular complexity index is 836. The molecule has 114 valence electrons. The quantitative estimate of drug-likeness (QED) is 0.549. The van der Waals surface area contributed by atoms with E-state index in [0.29, 0.717) is 16.8 Å². The largest absolute Gasteiger partial charge is 0.465 e. The van der Waals surface area contributed by atoms with Crippen LogP contribution in [0.15, 0.2) is 60.8 Å². The Morgan fingerprint density at radius 1 is 1.09 bits per heavy atom. The third-order valence-electron chi connectivity index (χ3n) is 3.47. The van der Waals surface area contributed by atoms with E-state index < -0.39 is 5.97 Å². The van der Waals surface area contributed by atoms with Crippen LogP contribution in [0.3, 0.4) is 0 Å². The average molecular weight is 306 g/mol. The second-order valence-corrected chi connectivity index (χ2v) is 4.90. The van der Waals surface area contributed by atoms with Crippen molar-refractivity contribution in [3.05, 3.63) is 71.9 Å². The molecule has 0 saturated carbocycles. The topological polar surface area (TPSA) is 61.2 Å². The first kappa shape index (κ1) is 14.7. The molecule has 3 rings (SSSR count). The van der Waals surface area contributed by atoms with Gasteiger partial charge in [-0.15, -0.1) is 0 Å². The molecule has 0 bridgehead atoms. The molecule has 2 aromatic carbocycles. The molecule has 0 aliphatic rings. The van der Waals surface area contributed by atoms with Gasteiger partial charge in [-0.05, 0) is 24.3 Å². The fraction of sp³-hybridized carbons (Fsp3) is 0.0556. The second kappa shape index (κ2) is 6.27. The zero-order valence-electron chi connectivity index (χ0n) is 12.5. The number of carbonyl (C=O) groups is 2. The Morgan fingerprint density at radius 2 is 1.78 bits per heavy atom. The number of benzene rings is 2. The van der Waals surface area contributed by atoms with Gasteiger partial charge in [0.1, 0.15) is 5.69 Å². The van der Waals surface area contributed by atoms with E-state index in [2.05, 4.69) is 9.84 Å². The van der Waals surface area contributed by atoms with Gasteiger partial charge in [0.05, 0.1) is 23.9 Å². The first-order valence-corrected chi connectivity index (χ1v) is 7.02. The third kappa shape index (κ3) is 2.89. The van der Waals surface area contributed by atoms with Gasteiger partial charge in [0, 0.05) is 11.8 Å². The predicted molar refractivity (Wildman–Crippen MR) is 85.7 cm³/mol. The molecule has 0 unspecified atom stereocenters. The minimum Gasteiger partial charge on any atom is -0.465 e. The Morgan fingerprint density at radius 3 is 2.39 bits per heavy atom. The van der Waals surface area contributed by atoms with Crippen LogP contribution in [0.2, 0.25) is 0 Å². The van der Waals surface area contributed by atoms with Crippen molar-refractivity contribution in [2.24, 2.45) is 0 Å². The summed E-state index contributed by atoms with van der Waals surface area (Å²) in [5.41, 5.74) is 3.13. The molecular weight excluding hydrogens is 292 g/mol. The number of rotatable bonds is 4. The second-order valence-electron chi connectivity index (χ2n) is 4.90. The smallest absolute Gasteiger partial charge is 0.337 e. The molecule has 1 aromatic heterocycles. The van der Waals surface area contributed by atoms with Gasteiger partial charge >= 0.3 is 5.97 Å². The molecule has 3 aromatic rings. The Labute approximate surface area is 133 Å². The van der Waals surface area contributed by atoms with E-state index in [9.17, 15) is 9.59 Å². The van der Waals surface area contributed by atoms with Gasteiger partial charge in [-0.2, -0.15) is 5.10 Å². The highest BCUT2D eigenvalue weighted by molar-refractivity contribution is 5.91. The normalized spacial score (nSPS) is 10.3. The predicted octanol–water partition coefficient (Wildman–Crippen LogP) is 3.14. The van der Waals surface area contributed by atoms with Gasteiger partial charge in [0.2, 0.25) is 0 Å². The molecule has 0 N–H and O–H groups in total. The van der Waals surface area contributed by atoms with Crippen LogP contribution in [-0.2, 0) is 4.74 Å². The number of carbonyl (C=O) groups excluding carboxylic acids is 2. The van der Waals surface area contributed by atoms with Gasteiger partial charge in [0.25, 0.3) is 0 Å². The number of para-hydroxylation sites is 1. The van der Waals surface area contributed by atoms with Crippen molar-refractivity contribution < 1.29 is 14.3 Å². The van der Waals surface area contributed by atoms with E-state index >= 15 is 0 Å². The van der Waals surface area contributed by atoms with Crippen molar-refractivity contribution in [3.63, 3.8) is 0 Å². The van der Waals surface area contributed by atoms with E-state index in [0.717, 1.165) is 17.5 Å². The lowest BCUT2D eigenvalue weighted by Crippen LogP contribution is -2.00. The molecule has 5 heteroatoms. The van der Waals surface area contributed by atoms with Crippen molar-refractivity contribution >= 4 is 12.3 Å². The summed E-state index contributed by atoms with van der Waals surface area (Å²) >= 11 is 0. The van der Waals surface area contributed by atoms with E-state index in [1.807, 2.05) is 30.3 Å². The maximum Gasteiger partial charge on any atom is 0.337 e. The molecule has 0 aliphatic heterocycles. The number of ether oxygens (including phenoxy) is 1. The van der Waals surface area contributed by atoms with Crippen molar-refractivity contribution in [2.75, 3.05) is 7.11 Å². The summed E-state index contributed by atoms with van der Waals surface area (Å²) in [6.45, 7) is 0. The minimum absolute atomic E-state index is 0.401. The molecule has 0 atom stereocenters. The lowest BCUT2D eigenvalue weighted by atomic mass is 10.1. The summed E-state index contributed by atoms with van der Waals surface area (Å²) in [4.78, 5) is 22.8. The Hall–Kier alpha value is -3.21. The molecule has 5 nitrogen and oxygen atoms in total. The number of hydrogen-bond acceptors (Lipinski definition) is 4. The standard InChI is InChI=1S/C18H14N2O3/c1-23-18(22)14-9-7-13(8-10-14)17-15(12-21)11-20(19-17)16-5-3-2-4-6-16/h2-12H,1H3. The van der Waals surface area contributed by atoms with E-state index in [1.54, 1.807) is 35.1 Å². The summed E-state index contributed by atoms with van der Waals surface area (Å²) in [7, 11) is 1.34. The van der Waals surface area contributed by atoms with Crippen LogP contribution in [0.5, 0.6) is 0 Å². The Balaban J connectivity index is 2.01. The maximum atomic E-state index is 11.5. The van der Waals surface area contributed by atoms with Gasteiger partial charge in [-0.25, -0.2) is 9.48 Å². The third-order valence-corrected chi connectivity index (χ3v) is 3.47. The number of aromatic nitrogens is 2. The molecule has 1 heterocycles. The minimum atomic E-state index is -0.401. The number of nitrogens with zero attached hydrogens (tertiary/aromatic N) is 2. The van der Waals surface area contributed by atoms with Crippen LogP contribution in [0.4, 0.5) is 0 Å². The van der Waals surface area contributed by atoms with Crippen molar-refractivity contribution in [3.8, 4) is 16.9 Å². The molecule has 0 saturated heterocycles. The Kier molecular flexibility index (Phi) is 4.01. The van der Waals surface area contributed by atoms with Gasteiger partial charge < -0.3 is 4.74 Å². The molecule has 23 heavy (non-hydrogen) atoms. The van der Waals surface area contributed by atoms with E-state index in [-0.39, 0.29) is 0 Å². The maximum absolute atomic E-state index is 11.5. The first-order valence-electron chi connectivity index (χ1n) is 7.02. The lowest BCUT2D eigenvalue weighted by Gasteiger charge is -2.02. The van der Waals surface area contributed by atoms with Gasteiger partial charge in [0.15, 0.2) is 6.29 Å². The number of hydrogen-bond donors (Lipinski definition) is 0. The highest BCUT2D eigenvalue weighted by Gasteiger charge is 2.13. The van der Waals surface area contributed by atoms with Crippen molar-refractivity contribution in [2.45, 2.75) is 0 Å². The summed E-state index contributed by atoms with van der Waals surface area (Å²) in [5.74, 6) is -0.401. The van der Waals surface area contributed by atoms with E-state index in [1.165, 1.54) is 7.11 Å². The van der Waals surface area contributed by atoms with E-state index in [4.69, 9.17) is 0 Å². The highest BCUT2D eigenvalue weighted by atomic mass is 16.5. The molecule has 0 radical (unpaired) electrons. The summed E-state index contributed by atoms with van der Waals surface area (Å²) in [6.07, 6.45) is 2.46. The molecule has 0 amide bonds. The fourth-order valence-corrected chi connectivity index (χ4v) is 2.29. The van der Waals surface area contributed by atoms with Crippen LogP contribution in [0.25, 0.3) is 16.9 Å². The number of esters is 1. The summed E-state index contributed by atoms with van der Waals surface area (Å²) in [5, 5.41) is 4.49.